The van der Waals surface area contributed by atoms with Gasteiger partial charge in [-0.05, 0) is 23.3 Å². The van der Waals surface area contributed by atoms with Gasteiger partial charge in [0.2, 0.25) is 0 Å². The van der Waals surface area contributed by atoms with Gasteiger partial charge >= 0.3 is 12.1 Å². The Bertz CT molecular complexity index is 1300. The van der Waals surface area contributed by atoms with Crippen molar-refractivity contribution >= 4 is 12.1 Å². The van der Waals surface area contributed by atoms with E-state index >= 15 is 0 Å². The number of aromatic amines is 1. The lowest BCUT2D eigenvalue weighted by Crippen LogP contribution is -2.43. The van der Waals surface area contributed by atoms with Crippen LogP contribution in [-0.2, 0) is 33.9 Å². The van der Waals surface area contributed by atoms with E-state index in [-0.39, 0.29) is 25.2 Å². The Labute approximate surface area is 201 Å². The van der Waals surface area contributed by atoms with Gasteiger partial charge in [0, 0.05) is 24.4 Å². The highest BCUT2D eigenvalue weighted by Crippen LogP contribution is 2.08. The number of aromatic nitrogens is 3. The molecule has 2 heterocycles. The van der Waals surface area contributed by atoms with Crippen LogP contribution < -0.4 is 10.9 Å². The number of esters is 1. The quantitative estimate of drug-likeness (QED) is 0.362. The molecule has 1 atom stereocenters. The molecule has 0 fully saturated rings. The van der Waals surface area contributed by atoms with E-state index in [1.165, 1.54) is 10.7 Å². The van der Waals surface area contributed by atoms with Crippen LogP contribution in [0.2, 0.25) is 0 Å². The predicted octanol–water partition coefficient (Wildman–Crippen LogP) is 3.14. The fraction of sp³-hybridized carbons (Fsp3) is 0.154. The van der Waals surface area contributed by atoms with Gasteiger partial charge in [0.1, 0.15) is 19.3 Å². The van der Waals surface area contributed by atoms with E-state index in [0.29, 0.717) is 11.5 Å². The summed E-state index contributed by atoms with van der Waals surface area (Å²) >= 11 is 0. The van der Waals surface area contributed by atoms with Crippen molar-refractivity contribution in [2.45, 2.75) is 25.7 Å². The first-order chi connectivity index (χ1) is 17.1. The summed E-state index contributed by atoms with van der Waals surface area (Å²) in [7, 11) is 0. The van der Waals surface area contributed by atoms with E-state index in [1.54, 1.807) is 24.4 Å². The van der Waals surface area contributed by atoms with Crippen molar-refractivity contribution < 1.29 is 19.1 Å². The molecule has 2 aromatic carbocycles. The monoisotopic (exact) mass is 472 g/mol. The number of amides is 1. The van der Waals surface area contributed by atoms with Crippen LogP contribution in [0, 0.1) is 0 Å². The lowest BCUT2D eigenvalue weighted by atomic mass is 10.1. The SMILES string of the molecule is O=C(N[C@@H](Cc1cc(=O)n(-c2ccccn2)[nH]1)C(=O)OCc1ccccc1)OCc1ccccc1. The van der Waals surface area contributed by atoms with E-state index in [0.717, 1.165) is 11.1 Å². The number of rotatable bonds is 9. The summed E-state index contributed by atoms with van der Waals surface area (Å²) in [4.78, 5) is 41.9. The minimum Gasteiger partial charge on any atom is -0.459 e. The number of alkyl carbamates (subject to hydrolysis) is 1. The average Bonchev–Trinajstić information content (AvgIpc) is 3.27. The largest absolute Gasteiger partial charge is 0.459 e. The summed E-state index contributed by atoms with van der Waals surface area (Å²) in [6.45, 7) is 0.0910. The van der Waals surface area contributed by atoms with Crippen molar-refractivity contribution in [2.24, 2.45) is 0 Å². The standard InChI is InChI=1S/C26H24N4O5/c31-24-16-21(29-30(24)23-13-7-8-14-27-23)15-22(25(32)34-17-19-9-3-1-4-10-19)28-26(33)35-18-20-11-5-2-6-12-20/h1-14,16,22,29H,15,17-18H2,(H,28,33)/t22-/m0/s1. The number of ether oxygens (including phenoxy) is 2. The van der Waals surface area contributed by atoms with Gasteiger partial charge < -0.3 is 14.8 Å². The maximum atomic E-state index is 12.9. The van der Waals surface area contributed by atoms with Crippen LogP contribution in [0.3, 0.4) is 0 Å². The van der Waals surface area contributed by atoms with Crippen LogP contribution in [-0.4, -0.2) is 32.9 Å². The molecular weight excluding hydrogens is 448 g/mol. The van der Waals surface area contributed by atoms with E-state index in [4.69, 9.17) is 9.47 Å². The molecule has 0 saturated carbocycles. The topological polar surface area (TPSA) is 115 Å². The van der Waals surface area contributed by atoms with Gasteiger partial charge in [0.15, 0.2) is 5.82 Å². The summed E-state index contributed by atoms with van der Waals surface area (Å²) in [5.41, 5.74) is 1.69. The number of carbonyl (C=O) groups excluding carboxylic acids is 2. The predicted molar refractivity (Wildman–Crippen MR) is 128 cm³/mol. The average molecular weight is 473 g/mol. The summed E-state index contributed by atoms with van der Waals surface area (Å²) in [6.07, 6.45) is 0.779. The Morgan fingerprint density at radius 2 is 1.51 bits per heavy atom. The molecule has 178 valence electrons. The first-order valence-corrected chi connectivity index (χ1v) is 11.0. The Hall–Kier alpha value is -4.66. The third kappa shape index (κ3) is 6.67. The molecular formula is C26H24N4O5. The van der Waals surface area contributed by atoms with Crippen molar-refractivity contribution in [3.8, 4) is 5.82 Å². The zero-order valence-electron chi connectivity index (χ0n) is 18.8. The van der Waals surface area contributed by atoms with E-state index in [1.807, 2.05) is 60.7 Å². The number of hydrogen-bond acceptors (Lipinski definition) is 6. The van der Waals surface area contributed by atoms with Crippen molar-refractivity contribution in [2.75, 3.05) is 0 Å². The van der Waals surface area contributed by atoms with Gasteiger partial charge in [0.05, 0.1) is 0 Å². The molecule has 2 aromatic heterocycles. The molecule has 4 rings (SSSR count). The molecule has 0 aliphatic rings. The highest BCUT2D eigenvalue weighted by molar-refractivity contribution is 5.81. The first kappa shape index (κ1) is 23.5. The number of carbonyl (C=O) groups is 2. The molecule has 9 nitrogen and oxygen atoms in total. The van der Waals surface area contributed by atoms with Crippen molar-refractivity contribution in [1.82, 2.24) is 20.1 Å². The molecule has 0 bridgehead atoms. The van der Waals surface area contributed by atoms with E-state index in [2.05, 4.69) is 15.4 Å². The molecule has 2 N–H and O–H groups in total. The lowest BCUT2D eigenvalue weighted by Gasteiger charge is -2.17. The third-order valence-corrected chi connectivity index (χ3v) is 5.09. The molecule has 0 radical (unpaired) electrons. The van der Waals surface area contributed by atoms with Crippen molar-refractivity contribution in [3.63, 3.8) is 0 Å². The molecule has 35 heavy (non-hydrogen) atoms. The van der Waals surface area contributed by atoms with Crippen LogP contribution in [0.15, 0.2) is 95.9 Å². The van der Waals surface area contributed by atoms with Gasteiger partial charge in [0.25, 0.3) is 5.56 Å². The van der Waals surface area contributed by atoms with E-state index in [9.17, 15) is 14.4 Å². The van der Waals surface area contributed by atoms with Crippen LogP contribution in [0.5, 0.6) is 0 Å². The summed E-state index contributed by atoms with van der Waals surface area (Å²) < 4.78 is 11.9. The maximum Gasteiger partial charge on any atom is 0.408 e. The number of nitrogens with zero attached hydrogens (tertiary/aromatic N) is 2. The number of nitrogens with one attached hydrogen (secondary N) is 2. The van der Waals surface area contributed by atoms with Crippen molar-refractivity contribution in [1.29, 1.82) is 0 Å². The first-order valence-electron chi connectivity index (χ1n) is 11.0. The summed E-state index contributed by atoms with van der Waals surface area (Å²) in [6, 6.07) is 23.8. The molecule has 0 aliphatic heterocycles. The molecule has 0 aliphatic carbocycles. The lowest BCUT2D eigenvalue weighted by molar-refractivity contribution is -0.147. The fourth-order valence-corrected chi connectivity index (χ4v) is 3.35. The Morgan fingerprint density at radius 3 is 2.14 bits per heavy atom. The Balaban J connectivity index is 1.46. The number of hydrogen-bond donors (Lipinski definition) is 2. The van der Waals surface area contributed by atoms with Gasteiger partial charge in [-0.15, -0.1) is 0 Å². The minimum atomic E-state index is -1.09. The number of H-pyrrole nitrogens is 1. The second-order valence-electron chi connectivity index (χ2n) is 7.70. The zero-order chi connectivity index (χ0) is 24.5. The normalized spacial score (nSPS) is 11.4. The van der Waals surface area contributed by atoms with Crippen LogP contribution in [0.4, 0.5) is 4.79 Å². The van der Waals surface area contributed by atoms with Crippen LogP contribution >= 0.6 is 0 Å². The smallest absolute Gasteiger partial charge is 0.408 e. The highest BCUT2D eigenvalue weighted by atomic mass is 16.6. The molecule has 9 heteroatoms. The van der Waals surface area contributed by atoms with Gasteiger partial charge in [-0.3, -0.25) is 9.89 Å². The molecule has 0 saturated heterocycles. The maximum absolute atomic E-state index is 12.9. The Kier molecular flexibility index (Phi) is 7.70. The minimum absolute atomic E-state index is 0.0108. The second kappa shape index (κ2) is 11.5. The highest BCUT2D eigenvalue weighted by Gasteiger charge is 2.25. The third-order valence-electron chi connectivity index (χ3n) is 5.09. The van der Waals surface area contributed by atoms with E-state index < -0.39 is 18.1 Å². The number of pyridine rings is 1. The van der Waals surface area contributed by atoms with Gasteiger partial charge in [-0.2, -0.15) is 0 Å². The van der Waals surface area contributed by atoms with Crippen molar-refractivity contribution in [3.05, 3.63) is 118 Å². The molecule has 4 aromatic rings. The van der Waals surface area contributed by atoms with Gasteiger partial charge in [-0.25, -0.2) is 19.3 Å². The van der Waals surface area contributed by atoms with Crippen LogP contribution in [0.1, 0.15) is 16.8 Å². The fourth-order valence-electron chi connectivity index (χ4n) is 3.35. The summed E-state index contributed by atoms with van der Waals surface area (Å²) in [5, 5.41) is 5.49. The van der Waals surface area contributed by atoms with Crippen LogP contribution in [0.25, 0.3) is 5.82 Å². The summed E-state index contributed by atoms with van der Waals surface area (Å²) in [5.74, 6) is -0.251. The van der Waals surface area contributed by atoms with Gasteiger partial charge in [-0.1, -0.05) is 66.7 Å². The zero-order valence-corrected chi connectivity index (χ0v) is 18.8. The molecule has 0 unspecified atom stereocenters. The Morgan fingerprint density at radius 1 is 0.886 bits per heavy atom. The number of benzene rings is 2. The molecule has 1 amide bonds. The second-order valence-corrected chi connectivity index (χ2v) is 7.70. The molecule has 0 spiro atoms.